The predicted octanol–water partition coefficient (Wildman–Crippen LogP) is 7.53. The molecule has 0 aliphatic rings. The van der Waals surface area contributed by atoms with E-state index in [1.54, 1.807) is 26.8 Å². The van der Waals surface area contributed by atoms with Gasteiger partial charge >= 0.3 is 5.69 Å². The fraction of sp³-hybridized carbons (Fsp3) is 0.538. The molecule has 0 saturated carbocycles. The van der Waals surface area contributed by atoms with Crippen LogP contribution in [0.15, 0.2) is 18.2 Å². The van der Waals surface area contributed by atoms with Gasteiger partial charge < -0.3 is 10.6 Å². The van der Waals surface area contributed by atoms with Gasteiger partial charge in [-0.25, -0.2) is 0 Å². The molecule has 0 unspecified atom stereocenters. The quantitative estimate of drug-likeness (QED) is 0.229. The van der Waals surface area contributed by atoms with Crippen LogP contribution in [0.5, 0.6) is 0 Å². The third-order valence-corrected chi connectivity index (χ3v) is 6.74. The van der Waals surface area contributed by atoms with Crippen LogP contribution < -0.4 is 10.6 Å². The summed E-state index contributed by atoms with van der Waals surface area (Å²) in [6, 6.07) is 5.36. The fourth-order valence-corrected chi connectivity index (χ4v) is 3.96. The molecule has 0 radical (unpaired) electrons. The van der Waals surface area contributed by atoms with E-state index in [0.717, 1.165) is 36.8 Å². The van der Waals surface area contributed by atoms with Crippen LogP contribution in [0.4, 0.5) is 28.4 Å². The van der Waals surface area contributed by atoms with Crippen LogP contribution in [-0.4, -0.2) is 26.9 Å². The van der Waals surface area contributed by atoms with Crippen molar-refractivity contribution in [2.24, 2.45) is 0 Å². The molecule has 0 spiro atoms. The predicted molar refractivity (Wildman–Crippen MR) is 148 cm³/mol. The van der Waals surface area contributed by atoms with Crippen molar-refractivity contribution in [3.05, 3.63) is 70.8 Å². The highest BCUT2D eigenvalue weighted by atomic mass is 16.6. The number of hydrogen-bond donors (Lipinski definition) is 2. The molecule has 204 valence electrons. The van der Waals surface area contributed by atoms with Gasteiger partial charge in [-0.1, -0.05) is 33.8 Å². The summed E-state index contributed by atoms with van der Waals surface area (Å²) >= 11 is 0. The molecule has 0 fully saturated rings. The van der Waals surface area contributed by atoms with Gasteiger partial charge in [0.05, 0.1) is 14.8 Å². The van der Waals surface area contributed by atoms with E-state index in [2.05, 4.69) is 24.5 Å². The number of nitro groups is 3. The van der Waals surface area contributed by atoms with E-state index in [0.29, 0.717) is 16.8 Å². The van der Waals surface area contributed by atoms with E-state index in [1.165, 1.54) is 6.07 Å². The maximum atomic E-state index is 11.3. The lowest BCUT2D eigenvalue weighted by atomic mass is 10.0. The van der Waals surface area contributed by atoms with Crippen LogP contribution >= 0.6 is 0 Å². The van der Waals surface area contributed by atoms with E-state index < -0.39 is 9.85 Å². The highest BCUT2D eigenvalue weighted by Gasteiger charge is 2.30. The second-order valence-corrected chi connectivity index (χ2v) is 9.05. The second kappa shape index (κ2) is 14.1. The van der Waals surface area contributed by atoms with Crippen molar-refractivity contribution in [1.29, 1.82) is 0 Å². The molecular weight excluding hydrogens is 478 g/mol. The first-order chi connectivity index (χ1) is 17.3. The molecule has 0 bridgehead atoms. The number of hydrogen-bond acceptors (Lipinski definition) is 8. The van der Waals surface area contributed by atoms with Gasteiger partial charge in [-0.2, -0.15) is 0 Å². The zero-order valence-corrected chi connectivity index (χ0v) is 23.0. The number of anilines is 2. The summed E-state index contributed by atoms with van der Waals surface area (Å²) in [5, 5.41) is 39.8. The number of nitrogens with one attached hydrogen (secondary N) is 2. The molecule has 0 amide bonds. The van der Waals surface area contributed by atoms with Crippen LogP contribution in [0.25, 0.3) is 0 Å². The Balaban J connectivity index is 0.000000375. The van der Waals surface area contributed by atoms with Gasteiger partial charge in [-0.15, -0.1) is 0 Å². The Hall–Kier alpha value is -3.76. The zero-order chi connectivity index (χ0) is 28.4. The van der Waals surface area contributed by atoms with E-state index in [4.69, 9.17) is 0 Å². The topological polar surface area (TPSA) is 153 Å². The van der Waals surface area contributed by atoms with Crippen LogP contribution in [0.2, 0.25) is 0 Å². The normalized spacial score (nSPS) is 10.6. The zero-order valence-electron chi connectivity index (χ0n) is 23.0. The maximum absolute atomic E-state index is 11.3. The van der Waals surface area contributed by atoms with Crippen LogP contribution in [-0.2, 0) is 0 Å². The van der Waals surface area contributed by atoms with Gasteiger partial charge in [0.2, 0.25) is 0 Å². The van der Waals surface area contributed by atoms with E-state index >= 15 is 0 Å². The molecule has 0 heterocycles. The van der Waals surface area contributed by atoms with Gasteiger partial charge in [0, 0.05) is 29.3 Å². The summed E-state index contributed by atoms with van der Waals surface area (Å²) < 4.78 is 0. The smallest absolute Gasteiger partial charge is 0.302 e. The molecule has 0 aromatic heterocycles. The minimum absolute atomic E-state index is 0.0109. The molecule has 0 atom stereocenters. The van der Waals surface area contributed by atoms with Gasteiger partial charge in [0.25, 0.3) is 11.4 Å². The number of aryl methyl sites for hydroxylation is 2. The highest BCUT2D eigenvalue weighted by Crippen LogP contribution is 2.39. The van der Waals surface area contributed by atoms with E-state index in [-0.39, 0.29) is 39.8 Å². The lowest BCUT2D eigenvalue weighted by Crippen LogP contribution is -2.19. The third-order valence-electron chi connectivity index (χ3n) is 6.74. The maximum Gasteiger partial charge on any atom is 0.302 e. The molecule has 0 saturated heterocycles. The summed E-state index contributed by atoms with van der Waals surface area (Å²) in [5.74, 6) is 0. The lowest BCUT2D eigenvalue weighted by Gasteiger charge is -2.17. The Kier molecular flexibility index (Phi) is 11.9. The molecule has 11 nitrogen and oxygen atoms in total. The molecular formula is C26H39N5O6. The standard InChI is InChI=1S/C13H19N3O4.C13H20N2O2/c1-5-10(6-2)14-12-11(15(17)18)7-8(3)9(4)13(12)16(19)20;1-5-11(6-2)14-12-8-7-9(3)10(4)13(12)15(16)17/h7,10,14H,5-6H2,1-4H3;7-8,11,14H,5-6H2,1-4H3. The summed E-state index contributed by atoms with van der Waals surface area (Å²) in [7, 11) is 0. The SMILES string of the molecule is CCC(CC)Nc1c([N+](=O)[O-])cc(C)c(C)c1[N+](=O)[O-].CCC(CC)Nc1ccc(C)c(C)c1[N+](=O)[O-]. The Morgan fingerprint density at radius 1 is 0.676 bits per heavy atom. The van der Waals surface area contributed by atoms with Crippen molar-refractivity contribution in [1.82, 2.24) is 0 Å². The summed E-state index contributed by atoms with van der Waals surface area (Å²) in [6.45, 7) is 14.9. The molecule has 0 aliphatic carbocycles. The first-order valence-corrected chi connectivity index (χ1v) is 12.5. The van der Waals surface area contributed by atoms with Crippen molar-refractivity contribution >= 4 is 28.4 Å². The summed E-state index contributed by atoms with van der Waals surface area (Å²) in [4.78, 5) is 32.1. The fourth-order valence-electron chi connectivity index (χ4n) is 3.96. The van der Waals surface area contributed by atoms with Crippen LogP contribution in [0, 0.1) is 58.0 Å². The van der Waals surface area contributed by atoms with Crippen molar-refractivity contribution in [2.75, 3.05) is 10.6 Å². The van der Waals surface area contributed by atoms with Gasteiger partial charge in [-0.05, 0) is 70.6 Å². The first-order valence-electron chi connectivity index (χ1n) is 12.5. The molecule has 11 heteroatoms. The second-order valence-electron chi connectivity index (χ2n) is 9.05. The molecule has 0 aliphatic heterocycles. The number of rotatable bonds is 11. The average molecular weight is 518 g/mol. The summed E-state index contributed by atoms with van der Waals surface area (Å²) in [6.07, 6.45) is 3.39. The van der Waals surface area contributed by atoms with Crippen molar-refractivity contribution < 1.29 is 14.8 Å². The van der Waals surface area contributed by atoms with Crippen molar-refractivity contribution in [3.63, 3.8) is 0 Å². The molecule has 2 aromatic carbocycles. The summed E-state index contributed by atoms with van der Waals surface area (Å²) in [5.41, 5.74) is 3.08. The van der Waals surface area contributed by atoms with E-state index in [1.807, 2.05) is 26.8 Å². The average Bonchev–Trinajstić information content (AvgIpc) is 2.84. The third kappa shape index (κ3) is 7.86. The highest BCUT2D eigenvalue weighted by molar-refractivity contribution is 5.78. The monoisotopic (exact) mass is 517 g/mol. The molecule has 2 aromatic rings. The number of nitrogens with zero attached hydrogens (tertiary/aromatic N) is 3. The Labute approximate surface area is 218 Å². The lowest BCUT2D eigenvalue weighted by molar-refractivity contribution is -0.392. The van der Waals surface area contributed by atoms with Gasteiger partial charge in [0.15, 0.2) is 5.69 Å². The first kappa shape index (κ1) is 31.3. The molecule has 2 N–H and O–H groups in total. The Morgan fingerprint density at radius 3 is 1.57 bits per heavy atom. The van der Waals surface area contributed by atoms with E-state index in [9.17, 15) is 30.3 Å². The minimum Gasteiger partial charge on any atom is -0.377 e. The number of benzene rings is 2. The Bertz CT molecular complexity index is 1130. The van der Waals surface area contributed by atoms with Crippen LogP contribution in [0.1, 0.15) is 75.6 Å². The van der Waals surface area contributed by atoms with Gasteiger partial charge in [0.1, 0.15) is 5.69 Å². The van der Waals surface area contributed by atoms with Crippen molar-refractivity contribution in [2.45, 2.75) is 93.2 Å². The molecule has 37 heavy (non-hydrogen) atoms. The van der Waals surface area contributed by atoms with Crippen LogP contribution in [0.3, 0.4) is 0 Å². The Morgan fingerprint density at radius 2 is 1.14 bits per heavy atom. The molecule has 2 rings (SSSR count). The van der Waals surface area contributed by atoms with Crippen molar-refractivity contribution in [3.8, 4) is 0 Å². The number of nitro benzene ring substituents is 3. The largest absolute Gasteiger partial charge is 0.377 e. The van der Waals surface area contributed by atoms with Gasteiger partial charge in [-0.3, -0.25) is 30.3 Å². The minimum atomic E-state index is -0.579.